The van der Waals surface area contributed by atoms with E-state index in [1.165, 1.54) is 16.9 Å². The number of carbonyl (C=O) groups is 1. The highest BCUT2D eigenvalue weighted by Crippen LogP contribution is 2.35. The van der Waals surface area contributed by atoms with Crippen LogP contribution in [0.4, 0.5) is 5.82 Å². The van der Waals surface area contributed by atoms with Crippen LogP contribution in [0.3, 0.4) is 0 Å². The normalized spacial score (nSPS) is 12.2. The van der Waals surface area contributed by atoms with Crippen molar-refractivity contribution in [2.24, 2.45) is 0 Å². The van der Waals surface area contributed by atoms with Gasteiger partial charge < -0.3 is 10.1 Å². The predicted octanol–water partition coefficient (Wildman–Crippen LogP) is 4.66. The summed E-state index contributed by atoms with van der Waals surface area (Å²) in [5.41, 5.74) is 2.03. The molecule has 0 amide bonds. The highest BCUT2D eigenvalue weighted by Gasteiger charge is 2.21. The summed E-state index contributed by atoms with van der Waals surface area (Å²) in [4.78, 5) is 22.7. The first-order valence-corrected chi connectivity index (χ1v) is 9.09. The number of benzene rings is 1. The van der Waals surface area contributed by atoms with Gasteiger partial charge in [-0.2, -0.15) is 0 Å². The van der Waals surface area contributed by atoms with Crippen molar-refractivity contribution in [1.82, 2.24) is 9.97 Å². The number of rotatable bonds is 5. The fourth-order valence-corrected chi connectivity index (χ4v) is 3.89. The molecule has 0 fully saturated rings. The largest absolute Gasteiger partial charge is 0.462 e. The highest BCUT2D eigenvalue weighted by molar-refractivity contribution is 7.20. The molecule has 2 heterocycles. The fraction of sp³-hybridized carbons (Fsp3) is 0.316. The highest BCUT2D eigenvalue weighted by atomic mass is 32.1. The molecule has 1 N–H and O–H groups in total. The van der Waals surface area contributed by atoms with Gasteiger partial charge in [0, 0.05) is 6.04 Å². The van der Waals surface area contributed by atoms with E-state index >= 15 is 0 Å². The zero-order valence-electron chi connectivity index (χ0n) is 14.8. The van der Waals surface area contributed by atoms with Crippen LogP contribution in [0.15, 0.2) is 30.3 Å². The van der Waals surface area contributed by atoms with Crippen LogP contribution in [0.25, 0.3) is 10.2 Å². The molecule has 1 aromatic carbocycles. The van der Waals surface area contributed by atoms with Gasteiger partial charge in [-0.25, -0.2) is 14.8 Å². The van der Waals surface area contributed by atoms with E-state index in [2.05, 4.69) is 34.3 Å². The molecule has 0 aliphatic heterocycles. The minimum atomic E-state index is -0.303. The standard InChI is InChI=1S/C19H21N3O2S/c1-5-24-19(23)16-11(2)15-17(21-13(4)22-18(15)25-16)20-12(3)14-9-7-6-8-10-14/h6-10,12H,5H2,1-4H3,(H,20,21,22). The average Bonchev–Trinajstić information content (AvgIpc) is 2.92. The number of fused-ring (bicyclic) bond motifs is 1. The third kappa shape index (κ3) is 3.49. The van der Waals surface area contributed by atoms with Gasteiger partial charge >= 0.3 is 5.97 Å². The van der Waals surface area contributed by atoms with Crippen molar-refractivity contribution in [3.05, 3.63) is 52.2 Å². The number of esters is 1. The Labute approximate surface area is 151 Å². The van der Waals surface area contributed by atoms with E-state index in [0.717, 1.165) is 21.6 Å². The number of anilines is 1. The average molecular weight is 355 g/mol. The van der Waals surface area contributed by atoms with Gasteiger partial charge in [-0.3, -0.25) is 0 Å². The summed E-state index contributed by atoms with van der Waals surface area (Å²) in [5.74, 6) is 1.12. The first-order chi connectivity index (χ1) is 12.0. The molecular formula is C19H21N3O2S. The molecule has 6 heteroatoms. The zero-order chi connectivity index (χ0) is 18.0. The lowest BCUT2D eigenvalue weighted by Gasteiger charge is -2.16. The Morgan fingerprint density at radius 1 is 1.24 bits per heavy atom. The maximum atomic E-state index is 12.2. The van der Waals surface area contributed by atoms with Crippen LogP contribution in [-0.2, 0) is 4.74 Å². The first-order valence-electron chi connectivity index (χ1n) is 8.27. The Kier molecular flexibility index (Phi) is 4.99. The Hall–Kier alpha value is -2.47. The Morgan fingerprint density at radius 2 is 1.96 bits per heavy atom. The second kappa shape index (κ2) is 7.19. The third-order valence-electron chi connectivity index (χ3n) is 4.02. The molecule has 5 nitrogen and oxygen atoms in total. The van der Waals surface area contributed by atoms with Crippen molar-refractivity contribution >= 4 is 33.3 Å². The van der Waals surface area contributed by atoms with E-state index in [1.54, 1.807) is 6.92 Å². The Bertz CT molecular complexity index is 906. The molecule has 0 saturated heterocycles. The second-order valence-electron chi connectivity index (χ2n) is 5.85. The number of thiophene rings is 1. The predicted molar refractivity (Wildman–Crippen MR) is 101 cm³/mol. The summed E-state index contributed by atoms with van der Waals surface area (Å²) < 4.78 is 5.16. The number of hydrogen-bond acceptors (Lipinski definition) is 6. The van der Waals surface area contributed by atoms with Crippen molar-refractivity contribution in [2.75, 3.05) is 11.9 Å². The van der Waals surface area contributed by atoms with Crippen molar-refractivity contribution in [3.63, 3.8) is 0 Å². The number of aryl methyl sites for hydroxylation is 2. The maximum Gasteiger partial charge on any atom is 0.348 e. The lowest BCUT2D eigenvalue weighted by atomic mass is 10.1. The Balaban J connectivity index is 2.04. The van der Waals surface area contributed by atoms with E-state index in [0.29, 0.717) is 17.3 Å². The van der Waals surface area contributed by atoms with Gasteiger partial charge in [-0.15, -0.1) is 11.3 Å². The lowest BCUT2D eigenvalue weighted by molar-refractivity contribution is 0.0531. The molecule has 0 bridgehead atoms. The number of ether oxygens (including phenoxy) is 1. The smallest absolute Gasteiger partial charge is 0.348 e. The molecule has 25 heavy (non-hydrogen) atoms. The van der Waals surface area contributed by atoms with E-state index in [-0.39, 0.29) is 12.0 Å². The van der Waals surface area contributed by atoms with Gasteiger partial charge in [0.2, 0.25) is 0 Å². The van der Waals surface area contributed by atoms with Gasteiger partial charge in [0.15, 0.2) is 0 Å². The number of hydrogen-bond donors (Lipinski definition) is 1. The summed E-state index contributed by atoms with van der Waals surface area (Å²) in [6.45, 7) is 8.03. The summed E-state index contributed by atoms with van der Waals surface area (Å²) in [6.07, 6.45) is 0. The van der Waals surface area contributed by atoms with Crippen molar-refractivity contribution in [3.8, 4) is 0 Å². The van der Waals surface area contributed by atoms with Crippen LogP contribution in [0.2, 0.25) is 0 Å². The summed E-state index contributed by atoms with van der Waals surface area (Å²) >= 11 is 1.36. The van der Waals surface area contributed by atoms with Crippen LogP contribution in [0.1, 0.15) is 46.5 Å². The number of carbonyl (C=O) groups excluding carboxylic acids is 1. The number of aromatic nitrogens is 2. The molecular weight excluding hydrogens is 334 g/mol. The molecule has 1 unspecified atom stereocenters. The second-order valence-corrected chi connectivity index (χ2v) is 6.85. The monoisotopic (exact) mass is 355 g/mol. The van der Waals surface area contributed by atoms with E-state index in [1.807, 2.05) is 32.0 Å². The molecule has 0 aliphatic carbocycles. The maximum absolute atomic E-state index is 12.2. The summed E-state index contributed by atoms with van der Waals surface area (Å²) in [5, 5.41) is 4.36. The van der Waals surface area contributed by atoms with E-state index < -0.39 is 0 Å². The van der Waals surface area contributed by atoms with E-state index in [9.17, 15) is 4.79 Å². The van der Waals surface area contributed by atoms with Crippen LogP contribution in [-0.4, -0.2) is 22.5 Å². The van der Waals surface area contributed by atoms with Crippen LogP contribution in [0, 0.1) is 13.8 Å². The van der Waals surface area contributed by atoms with Crippen LogP contribution in [0.5, 0.6) is 0 Å². The number of nitrogens with one attached hydrogen (secondary N) is 1. The molecule has 3 aromatic rings. The molecule has 3 rings (SSSR count). The van der Waals surface area contributed by atoms with Gasteiger partial charge in [-0.1, -0.05) is 30.3 Å². The molecule has 1 atom stereocenters. The molecule has 0 spiro atoms. The summed E-state index contributed by atoms with van der Waals surface area (Å²) in [7, 11) is 0. The minimum absolute atomic E-state index is 0.0871. The Morgan fingerprint density at radius 3 is 2.64 bits per heavy atom. The van der Waals surface area contributed by atoms with Gasteiger partial charge in [0.05, 0.1) is 12.0 Å². The van der Waals surface area contributed by atoms with E-state index in [4.69, 9.17) is 4.74 Å². The number of nitrogens with zero attached hydrogens (tertiary/aromatic N) is 2. The van der Waals surface area contributed by atoms with Crippen LogP contribution < -0.4 is 5.32 Å². The van der Waals surface area contributed by atoms with Gasteiger partial charge in [0.1, 0.15) is 21.3 Å². The summed E-state index contributed by atoms with van der Waals surface area (Å²) in [6, 6.07) is 10.3. The van der Waals surface area contributed by atoms with Gasteiger partial charge in [0.25, 0.3) is 0 Å². The topological polar surface area (TPSA) is 64.1 Å². The van der Waals surface area contributed by atoms with Crippen molar-refractivity contribution in [2.45, 2.75) is 33.7 Å². The molecule has 0 radical (unpaired) electrons. The lowest BCUT2D eigenvalue weighted by Crippen LogP contribution is -2.09. The fourth-order valence-electron chi connectivity index (χ4n) is 2.77. The van der Waals surface area contributed by atoms with Crippen LogP contribution >= 0.6 is 11.3 Å². The minimum Gasteiger partial charge on any atom is -0.462 e. The molecule has 2 aromatic heterocycles. The van der Waals surface area contributed by atoms with Crippen molar-refractivity contribution in [1.29, 1.82) is 0 Å². The quantitative estimate of drug-likeness (QED) is 0.675. The molecule has 0 saturated carbocycles. The zero-order valence-corrected chi connectivity index (χ0v) is 15.6. The first kappa shape index (κ1) is 17.4. The van der Waals surface area contributed by atoms with Crippen molar-refractivity contribution < 1.29 is 9.53 Å². The molecule has 0 aliphatic rings. The third-order valence-corrected chi connectivity index (χ3v) is 5.18. The van der Waals surface area contributed by atoms with Gasteiger partial charge in [-0.05, 0) is 38.8 Å². The molecule has 130 valence electrons. The SMILES string of the molecule is CCOC(=O)c1sc2nc(C)nc(NC(C)c3ccccc3)c2c1C.